The summed E-state index contributed by atoms with van der Waals surface area (Å²) in [4.78, 5) is 14.5. The summed E-state index contributed by atoms with van der Waals surface area (Å²) >= 11 is 0. The largest absolute Gasteiger partial charge is 0.359 e. The van der Waals surface area contributed by atoms with Gasteiger partial charge in [0.25, 0.3) is 0 Å². The van der Waals surface area contributed by atoms with Crippen LogP contribution in [0.4, 0.5) is 10.5 Å². The lowest BCUT2D eigenvalue weighted by atomic mass is 9.93. The molecule has 1 saturated carbocycles. The van der Waals surface area contributed by atoms with Gasteiger partial charge in [-0.3, -0.25) is 0 Å². The van der Waals surface area contributed by atoms with Crippen molar-refractivity contribution in [3.63, 3.8) is 0 Å². The van der Waals surface area contributed by atoms with Crippen LogP contribution >= 0.6 is 0 Å². The van der Waals surface area contributed by atoms with Crippen molar-refractivity contribution in [2.24, 2.45) is 0 Å². The number of carbonyl (C=O) groups is 1. The van der Waals surface area contributed by atoms with Crippen molar-refractivity contribution in [2.75, 3.05) is 11.9 Å². The van der Waals surface area contributed by atoms with Crippen molar-refractivity contribution in [2.45, 2.75) is 45.1 Å². The van der Waals surface area contributed by atoms with Crippen LogP contribution in [-0.2, 0) is 19.4 Å². The summed E-state index contributed by atoms with van der Waals surface area (Å²) in [5.74, 6) is 1.20. The summed E-state index contributed by atoms with van der Waals surface area (Å²) in [5.41, 5.74) is 4.87. The molecule has 6 nitrogen and oxygen atoms in total. The van der Waals surface area contributed by atoms with E-state index < -0.39 is 0 Å². The Labute approximate surface area is 146 Å². The van der Waals surface area contributed by atoms with E-state index in [2.05, 4.69) is 16.5 Å². The quantitative estimate of drug-likeness (QED) is 0.930. The highest BCUT2D eigenvalue weighted by Crippen LogP contribution is 2.44. The van der Waals surface area contributed by atoms with E-state index in [4.69, 9.17) is 9.78 Å². The molecule has 0 unspecified atom stereocenters. The summed E-state index contributed by atoms with van der Waals surface area (Å²) in [7, 11) is 0. The Bertz CT molecular complexity index is 861. The number of aromatic nitrogens is 1. The molecular weight excluding hydrogens is 316 g/mol. The first kappa shape index (κ1) is 15.7. The van der Waals surface area contributed by atoms with Gasteiger partial charge in [-0.15, -0.1) is 0 Å². The lowest BCUT2D eigenvalue weighted by Gasteiger charge is -2.30. The molecule has 6 heteroatoms. The minimum atomic E-state index is -0.121. The number of carbonyl (C=O) groups excluding carboxylic acids is 1. The number of hydrogen-bond acceptors (Lipinski definition) is 4. The van der Waals surface area contributed by atoms with Crippen LogP contribution in [0.3, 0.4) is 0 Å². The first-order valence-corrected chi connectivity index (χ1v) is 8.66. The van der Waals surface area contributed by atoms with Crippen molar-refractivity contribution >= 4 is 11.7 Å². The number of fused-ring (bicyclic) bond motifs is 1. The van der Waals surface area contributed by atoms with E-state index in [0.717, 1.165) is 47.5 Å². The number of nitrogens with one attached hydrogen (secondary N) is 1. The molecule has 0 spiro atoms. The average molecular weight is 336 g/mol. The fourth-order valence-corrected chi connectivity index (χ4v) is 3.46. The van der Waals surface area contributed by atoms with E-state index in [1.807, 2.05) is 30.0 Å². The Morgan fingerprint density at radius 2 is 2.32 bits per heavy atom. The van der Waals surface area contributed by atoms with Crippen LogP contribution in [0.1, 0.15) is 46.9 Å². The first-order valence-electron chi connectivity index (χ1n) is 8.66. The number of hydrogen-bond donors (Lipinski definition) is 1. The van der Waals surface area contributed by atoms with Gasteiger partial charge in [0.2, 0.25) is 0 Å². The Morgan fingerprint density at radius 3 is 3.08 bits per heavy atom. The number of amides is 2. The van der Waals surface area contributed by atoms with E-state index in [1.165, 1.54) is 5.56 Å². The van der Waals surface area contributed by atoms with Gasteiger partial charge in [-0.25, -0.2) is 4.79 Å². The van der Waals surface area contributed by atoms with Crippen molar-refractivity contribution in [1.29, 1.82) is 5.26 Å². The summed E-state index contributed by atoms with van der Waals surface area (Å²) in [6.45, 7) is 3.05. The van der Waals surface area contributed by atoms with Crippen LogP contribution in [-0.4, -0.2) is 22.6 Å². The number of rotatable bonds is 3. The molecule has 0 saturated heterocycles. The second kappa shape index (κ2) is 6.25. The lowest BCUT2D eigenvalue weighted by molar-refractivity contribution is 0.206. The van der Waals surface area contributed by atoms with Crippen molar-refractivity contribution in [3.8, 4) is 6.07 Å². The Hall–Kier alpha value is -2.81. The highest BCUT2D eigenvalue weighted by Gasteiger charge is 2.33. The van der Waals surface area contributed by atoms with Gasteiger partial charge >= 0.3 is 6.03 Å². The highest BCUT2D eigenvalue weighted by molar-refractivity contribution is 5.90. The van der Waals surface area contributed by atoms with E-state index in [-0.39, 0.29) is 6.03 Å². The van der Waals surface area contributed by atoms with Gasteiger partial charge in [0.1, 0.15) is 11.4 Å². The van der Waals surface area contributed by atoms with E-state index in [0.29, 0.717) is 25.4 Å². The molecule has 2 amide bonds. The van der Waals surface area contributed by atoms with Gasteiger partial charge < -0.3 is 14.7 Å². The molecule has 1 N–H and O–H groups in total. The van der Waals surface area contributed by atoms with Crippen LogP contribution in [0, 0.1) is 18.3 Å². The standard InChI is InChI=1S/C19H20N4O2/c1-12-17(18(25-22-12)14-5-6-14)21-19(24)23-10-8-16-13(7-9-20)3-2-4-15(16)11-23/h2-4,14H,5-8,10-11H2,1H3,(H,21,24). The summed E-state index contributed by atoms with van der Waals surface area (Å²) in [5, 5.41) is 16.0. The van der Waals surface area contributed by atoms with Crippen LogP contribution in [0.15, 0.2) is 22.7 Å². The van der Waals surface area contributed by atoms with Crippen LogP contribution in [0.2, 0.25) is 0 Å². The lowest BCUT2D eigenvalue weighted by Crippen LogP contribution is -2.39. The molecule has 1 aliphatic heterocycles. The molecule has 1 aliphatic carbocycles. The zero-order valence-electron chi connectivity index (χ0n) is 14.2. The average Bonchev–Trinajstić information content (AvgIpc) is 3.40. The third-order valence-electron chi connectivity index (χ3n) is 4.99. The van der Waals surface area contributed by atoms with Gasteiger partial charge in [-0.05, 0) is 42.9 Å². The molecule has 128 valence electrons. The molecule has 2 aliphatic rings. The number of anilines is 1. The molecule has 1 aromatic heterocycles. The number of nitrogens with zero attached hydrogens (tertiary/aromatic N) is 3. The topological polar surface area (TPSA) is 82.2 Å². The van der Waals surface area contributed by atoms with Crippen LogP contribution in [0.5, 0.6) is 0 Å². The number of nitriles is 1. The maximum Gasteiger partial charge on any atom is 0.322 e. The SMILES string of the molecule is Cc1noc(C2CC2)c1NC(=O)N1CCc2c(CC#N)cccc2C1. The molecule has 0 radical (unpaired) electrons. The van der Waals surface area contributed by atoms with E-state index in [9.17, 15) is 4.79 Å². The zero-order valence-corrected chi connectivity index (χ0v) is 14.2. The minimum absolute atomic E-state index is 0.121. The predicted octanol–water partition coefficient (Wildman–Crippen LogP) is 3.52. The van der Waals surface area contributed by atoms with Gasteiger partial charge in [-0.2, -0.15) is 5.26 Å². The fourth-order valence-electron chi connectivity index (χ4n) is 3.46. The maximum atomic E-state index is 12.7. The monoisotopic (exact) mass is 336 g/mol. The molecule has 4 rings (SSSR count). The highest BCUT2D eigenvalue weighted by atomic mass is 16.5. The summed E-state index contributed by atoms with van der Waals surface area (Å²) in [6, 6.07) is 8.09. The molecule has 1 aromatic carbocycles. The van der Waals surface area contributed by atoms with E-state index >= 15 is 0 Å². The third kappa shape index (κ3) is 2.98. The summed E-state index contributed by atoms with van der Waals surface area (Å²) < 4.78 is 5.39. The Morgan fingerprint density at radius 1 is 1.48 bits per heavy atom. The second-order valence-electron chi connectivity index (χ2n) is 6.77. The van der Waals surface area contributed by atoms with Gasteiger partial charge in [0, 0.05) is 19.0 Å². The zero-order chi connectivity index (χ0) is 17.4. The predicted molar refractivity (Wildman–Crippen MR) is 92.1 cm³/mol. The van der Waals surface area contributed by atoms with Crippen molar-refractivity contribution < 1.29 is 9.32 Å². The van der Waals surface area contributed by atoms with Gasteiger partial charge in [0.05, 0.1) is 12.5 Å². The summed E-state index contributed by atoms with van der Waals surface area (Å²) in [6.07, 6.45) is 3.38. The second-order valence-corrected chi connectivity index (χ2v) is 6.77. The van der Waals surface area contributed by atoms with Gasteiger partial charge in [0.15, 0.2) is 5.76 Å². The molecule has 0 bridgehead atoms. The van der Waals surface area contributed by atoms with Crippen LogP contribution < -0.4 is 5.32 Å². The fraction of sp³-hybridized carbons (Fsp3) is 0.421. The number of aryl methyl sites for hydroxylation is 1. The maximum absolute atomic E-state index is 12.7. The molecule has 2 aromatic rings. The normalized spacial score (nSPS) is 16.2. The molecule has 0 atom stereocenters. The van der Waals surface area contributed by atoms with Gasteiger partial charge in [-0.1, -0.05) is 23.4 Å². The van der Waals surface area contributed by atoms with Crippen molar-refractivity contribution in [1.82, 2.24) is 10.1 Å². The molecule has 1 fully saturated rings. The smallest absolute Gasteiger partial charge is 0.322 e. The number of urea groups is 1. The molecule has 25 heavy (non-hydrogen) atoms. The Kier molecular flexibility index (Phi) is 3.92. The number of benzene rings is 1. The molecule has 2 heterocycles. The van der Waals surface area contributed by atoms with E-state index in [1.54, 1.807) is 0 Å². The first-order chi connectivity index (χ1) is 12.2. The Balaban J connectivity index is 1.50. The van der Waals surface area contributed by atoms with Crippen molar-refractivity contribution in [3.05, 3.63) is 46.3 Å². The third-order valence-corrected chi connectivity index (χ3v) is 4.99. The van der Waals surface area contributed by atoms with Crippen LogP contribution in [0.25, 0.3) is 0 Å². The minimum Gasteiger partial charge on any atom is -0.359 e. The molecular formula is C19H20N4O2.